The Labute approximate surface area is 121 Å². The number of amides is 1. The molecule has 0 aliphatic heterocycles. The number of hydrogen-bond acceptors (Lipinski definition) is 2. The first-order valence-electron chi connectivity index (χ1n) is 6.22. The number of hydrogen-bond donors (Lipinski definition) is 2. The van der Waals surface area contributed by atoms with Gasteiger partial charge in [0.2, 0.25) is 5.91 Å². The zero-order valence-corrected chi connectivity index (χ0v) is 12.6. The number of rotatable bonds is 6. The van der Waals surface area contributed by atoms with Gasteiger partial charge < -0.3 is 10.4 Å². The van der Waals surface area contributed by atoms with Gasteiger partial charge in [0, 0.05) is 10.4 Å². The minimum atomic E-state index is -1.02. The van der Waals surface area contributed by atoms with Gasteiger partial charge in [-0.15, -0.1) is 0 Å². The van der Waals surface area contributed by atoms with Gasteiger partial charge in [0.25, 0.3) is 0 Å². The Hall–Kier alpha value is -1.36. The van der Waals surface area contributed by atoms with Crippen LogP contribution in [0.1, 0.15) is 25.8 Å². The van der Waals surface area contributed by atoms with Crippen LogP contribution in [0, 0.1) is 5.92 Å². The van der Waals surface area contributed by atoms with E-state index in [1.54, 1.807) is 0 Å². The molecule has 1 unspecified atom stereocenters. The second kappa shape index (κ2) is 7.28. The molecule has 0 bridgehead atoms. The maximum atomic E-state index is 12.0. The molecule has 2 atom stereocenters. The summed E-state index contributed by atoms with van der Waals surface area (Å²) in [6.07, 6.45) is 1.26. The first-order chi connectivity index (χ1) is 8.95. The van der Waals surface area contributed by atoms with Gasteiger partial charge in [-0.05, 0) is 31.4 Å². The number of carboxylic acid groups (broad SMARTS) is 1. The molecule has 0 aliphatic rings. The lowest BCUT2D eigenvalue weighted by Crippen LogP contribution is -2.42. The van der Waals surface area contributed by atoms with Gasteiger partial charge in [0.05, 0.1) is 0 Å². The van der Waals surface area contributed by atoms with Crippen molar-refractivity contribution in [3.63, 3.8) is 0 Å². The van der Waals surface area contributed by atoms with E-state index in [2.05, 4.69) is 21.2 Å². The van der Waals surface area contributed by atoms with Crippen LogP contribution in [-0.2, 0) is 16.0 Å². The van der Waals surface area contributed by atoms with Crippen molar-refractivity contribution < 1.29 is 14.7 Å². The van der Waals surface area contributed by atoms with Crippen molar-refractivity contribution in [1.82, 2.24) is 5.32 Å². The summed E-state index contributed by atoms with van der Waals surface area (Å²) < 4.78 is 0.965. The highest BCUT2D eigenvalue weighted by atomic mass is 79.9. The van der Waals surface area contributed by atoms with E-state index in [1.807, 2.05) is 31.2 Å². The zero-order chi connectivity index (χ0) is 14.4. The summed E-state index contributed by atoms with van der Waals surface area (Å²) in [6, 6.07) is 6.87. The summed E-state index contributed by atoms with van der Waals surface area (Å²) in [5, 5.41) is 11.3. The molecule has 0 radical (unpaired) electrons. The molecule has 19 heavy (non-hydrogen) atoms. The molecule has 1 amide bonds. The predicted molar refractivity (Wildman–Crippen MR) is 76.9 cm³/mol. The number of carbonyl (C=O) groups is 2. The highest BCUT2D eigenvalue weighted by molar-refractivity contribution is 9.10. The third-order valence-corrected chi connectivity index (χ3v) is 3.79. The summed E-state index contributed by atoms with van der Waals surface area (Å²) >= 11 is 3.45. The lowest BCUT2D eigenvalue weighted by atomic mass is 9.96. The van der Waals surface area contributed by atoms with Crippen LogP contribution in [0.2, 0.25) is 0 Å². The minimum absolute atomic E-state index is 0.215. The second-order valence-electron chi connectivity index (χ2n) is 4.47. The van der Waals surface area contributed by atoms with E-state index in [0.29, 0.717) is 12.8 Å². The van der Waals surface area contributed by atoms with E-state index in [0.717, 1.165) is 10.0 Å². The summed E-state index contributed by atoms with van der Waals surface area (Å²) in [5.74, 6) is -1.46. The Bertz CT molecular complexity index is 462. The Balaban J connectivity index is 2.71. The van der Waals surface area contributed by atoms with Crippen LogP contribution in [0.4, 0.5) is 0 Å². The molecule has 0 fully saturated rings. The van der Waals surface area contributed by atoms with Gasteiger partial charge in [-0.3, -0.25) is 9.59 Å². The van der Waals surface area contributed by atoms with Crippen LogP contribution < -0.4 is 5.32 Å². The average molecular weight is 328 g/mol. The van der Waals surface area contributed by atoms with Crippen molar-refractivity contribution >= 4 is 27.8 Å². The van der Waals surface area contributed by atoms with Gasteiger partial charge in [-0.25, -0.2) is 0 Å². The number of carbonyl (C=O) groups excluding carboxylic acids is 1. The molecular formula is C14H18BrNO3. The predicted octanol–water partition coefficient (Wildman–Crippen LogP) is 2.61. The quantitative estimate of drug-likeness (QED) is 0.844. The van der Waals surface area contributed by atoms with E-state index in [-0.39, 0.29) is 11.8 Å². The van der Waals surface area contributed by atoms with E-state index >= 15 is 0 Å². The Morgan fingerprint density at radius 2 is 2.00 bits per heavy atom. The smallest absolute Gasteiger partial charge is 0.325 e. The van der Waals surface area contributed by atoms with Crippen LogP contribution in [0.25, 0.3) is 0 Å². The monoisotopic (exact) mass is 327 g/mol. The fourth-order valence-corrected chi connectivity index (χ4v) is 2.19. The lowest BCUT2D eigenvalue weighted by Gasteiger charge is -2.17. The molecule has 104 valence electrons. The maximum Gasteiger partial charge on any atom is 0.325 e. The minimum Gasteiger partial charge on any atom is -0.480 e. The summed E-state index contributed by atoms with van der Waals surface area (Å²) in [6.45, 7) is 3.39. The van der Waals surface area contributed by atoms with Crippen LogP contribution in [0.15, 0.2) is 28.7 Å². The Morgan fingerprint density at radius 3 is 2.53 bits per heavy atom. The molecule has 0 saturated carbocycles. The number of halogens is 1. The molecular weight excluding hydrogens is 310 g/mol. The summed E-state index contributed by atoms with van der Waals surface area (Å²) in [7, 11) is 0. The molecule has 1 aromatic carbocycles. The Morgan fingerprint density at radius 1 is 1.37 bits per heavy atom. The number of nitrogens with one attached hydrogen (secondary N) is 1. The summed E-state index contributed by atoms with van der Waals surface area (Å²) in [5.41, 5.74) is 1.05. The standard InChI is InChI=1S/C14H18BrNO3/c1-3-10(13(17)16-9(2)14(18)19)8-11-6-4-5-7-12(11)15/h4-7,9-10H,3,8H2,1-2H3,(H,16,17)(H,18,19)/t9-,10?/m0/s1. The third-order valence-electron chi connectivity index (χ3n) is 3.02. The molecule has 1 aromatic rings. The highest BCUT2D eigenvalue weighted by Crippen LogP contribution is 2.21. The van der Waals surface area contributed by atoms with Crippen LogP contribution in [0.3, 0.4) is 0 Å². The Kier molecular flexibility index (Phi) is 6.02. The molecule has 0 saturated heterocycles. The highest BCUT2D eigenvalue weighted by Gasteiger charge is 2.21. The van der Waals surface area contributed by atoms with Gasteiger partial charge in [0.15, 0.2) is 0 Å². The van der Waals surface area contributed by atoms with Crippen molar-refractivity contribution in [2.45, 2.75) is 32.7 Å². The second-order valence-corrected chi connectivity index (χ2v) is 5.32. The molecule has 0 aliphatic carbocycles. The van der Waals surface area contributed by atoms with E-state index < -0.39 is 12.0 Å². The van der Waals surface area contributed by atoms with Crippen LogP contribution in [0.5, 0.6) is 0 Å². The van der Waals surface area contributed by atoms with Gasteiger partial charge in [-0.1, -0.05) is 41.1 Å². The van der Waals surface area contributed by atoms with Gasteiger partial charge in [-0.2, -0.15) is 0 Å². The third kappa shape index (κ3) is 4.67. The molecule has 4 nitrogen and oxygen atoms in total. The fraction of sp³-hybridized carbons (Fsp3) is 0.429. The number of aliphatic carboxylic acids is 1. The van der Waals surface area contributed by atoms with Crippen molar-refractivity contribution in [3.05, 3.63) is 34.3 Å². The first-order valence-corrected chi connectivity index (χ1v) is 7.01. The van der Waals surface area contributed by atoms with E-state index in [4.69, 9.17) is 5.11 Å². The first kappa shape index (κ1) is 15.7. The van der Waals surface area contributed by atoms with Gasteiger partial charge in [0.1, 0.15) is 6.04 Å². The van der Waals surface area contributed by atoms with Crippen molar-refractivity contribution in [1.29, 1.82) is 0 Å². The molecule has 1 rings (SSSR count). The number of benzene rings is 1. The maximum absolute atomic E-state index is 12.0. The van der Waals surface area contributed by atoms with Crippen molar-refractivity contribution in [2.24, 2.45) is 5.92 Å². The topological polar surface area (TPSA) is 66.4 Å². The largest absolute Gasteiger partial charge is 0.480 e. The van der Waals surface area contributed by atoms with Crippen molar-refractivity contribution in [3.8, 4) is 0 Å². The molecule has 5 heteroatoms. The van der Waals surface area contributed by atoms with E-state index in [1.165, 1.54) is 6.92 Å². The molecule has 0 heterocycles. The van der Waals surface area contributed by atoms with Gasteiger partial charge >= 0.3 is 5.97 Å². The van der Waals surface area contributed by atoms with Crippen LogP contribution in [-0.4, -0.2) is 23.0 Å². The SMILES string of the molecule is CCC(Cc1ccccc1Br)C(=O)N[C@@H](C)C(=O)O. The molecule has 2 N–H and O–H groups in total. The lowest BCUT2D eigenvalue weighted by molar-refractivity contribution is -0.141. The molecule has 0 spiro atoms. The van der Waals surface area contributed by atoms with Crippen molar-refractivity contribution in [2.75, 3.05) is 0 Å². The fourth-order valence-electron chi connectivity index (χ4n) is 1.74. The van der Waals surface area contributed by atoms with E-state index in [9.17, 15) is 9.59 Å². The normalized spacial score (nSPS) is 13.6. The van der Waals surface area contributed by atoms with Crippen LogP contribution >= 0.6 is 15.9 Å². The zero-order valence-electron chi connectivity index (χ0n) is 11.0. The number of carboxylic acids is 1. The average Bonchev–Trinajstić information content (AvgIpc) is 2.37. The molecule has 0 aromatic heterocycles. The summed E-state index contributed by atoms with van der Waals surface area (Å²) in [4.78, 5) is 22.8.